The Morgan fingerprint density at radius 3 is 2.33 bits per heavy atom. The summed E-state index contributed by atoms with van der Waals surface area (Å²) < 4.78 is 29.2. The third-order valence-electron chi connectivity index (χ3n) is 4.41. The highest BCUT2D eigenvalue weighted by atomic mass is 19.1. The predicted molar refractivity (Wildman–Crippen MR) is 67.8 cm³/mol. The van der Waals surface area contributed by atoms with E-state index >= 15 is 0 Å². The van der Waals surface area contributed by atoms with Gasteiger partial charge in [0, 0.05) is 11.8 Å². The molecule has 4 rings (SSSR count). The van der Waals surface area contributed by atoms with Crippen LogP contribution < -0.4 is 0 Å². The van der Waals surface area contributed by atoms with Crippen molar-refractivity contribution in [1.29, 1.82) is 0 Å². The van der Waals surface area contributed by atoms with Gasteiger partial charge in [0.1, 0.15) is 11.3 Å². The highest BCUT2D eigenvalue weighted by Crippen LogP contribution is 2.53. The van der Waals surface area contributed by atoms with E-state index in [2.05, 4.69) is 4.98 Å². The Kier molecular flexibility index (Phi) is 2.38. The van der Waals surface area contributed by atoms with E-state index in [4.69, 9.17) is 0 Å². The molecule has 0 amide bonds. The van der Waals surface area contributed by atoms with Crippen molar-refractivity contribution in [3.63, 3.8) is 0 Å². The van der Waals surface area contributed by atoms with Gasteiger partial charge in [0.05, 0.1) is 5.69 Å². The molecule has 0 saturated heterocycles. The van der Waals surface area contributed by atoms with Crippen LogP contribution in [0.25, 0.3) is 5.57 Å². The highest BCUT2D eigenvalue weighted by molar-refractivity contribution is 5.73. The minimum atomic E-state index is -1.37. The molecule has 1 heterocycles. The second-order valence-corrected chi connectivity index (χ2v) is 5.71. The number of hydrogen-bond donors (Lipinski definition) is 0. The van der Waals surface area contributed by atoms with Crippen molar-refractivity contribution < 1.29 is 8.78 Å². The minimum absolute atomic E-state index is 0.282. The molecule has 1 saturated carbocycles. The fourth-order valence-electron chi connectivity index (χ4n) is 2.94. The second-order valence-electron chi connectivity index (χ2n) is 5.71. The summed E-state index contributed by atoms with van der Waals surface area (Å²) in [5.74, 6) is 0. The Morgan fingerprint density at radius 1 is 1.06 bits per heavy atom. The maximum atomic E-state index is 14.8. The van der Waals surface area contributed by atoms with Gasteiger partial charge in [-0.2, -0.15) is 0 Å². The maximum Gasteiger partial charge on any atom is 0.138 e. The number of alkyl halides is 2. The number of allylic oxidation sites excluding steroid dienone is 2. The molecule has 18 heavy (non-hydrogen) atoms. The van der Waals surface area contributed by atoms with Gasteiger partial charge < -0.3 is 0 Å². The topological polar surface area (TPSA) is 12.9 Å². The zero-order valence-electron chi connectivity index (χ0n) is 10.8. The van der Waals surface area contributed by atoms with Crippen LogP contribution in [-0.4, -0.2) is 16.3 Å². The Balaban J connectivity index is 2.11. The first-order chi connectivity index (χ1) is 8.42. The van der Waals surface area contributed by atoms with Gasteiger partial charge in [-0.25, -0.2) is 8.78 Å². The first-order valence-corrected chi connectivity index (χ1v) is 6.47. The van der Waals surface area contributed by atoms with Crippen LogP contribution in [-0.2, 0) is 0 Å². The lowest BCUT2D eigenvalue weighted by molar-refractivity contribution is 0.0586. The molecular weight excluding hydrogens is 232 g/mol. The van der Waals surface area contributed by atoms with Crippen LogP contribution in [0.5, 0.6) is 0 Å². The molecule has 0 aliphatic heterocycles. The van der Waals surface area contributed by atoms with Crippen LogP contribution >= 0.6 is 0 Å². The molecule has 0 radical (unpaired) electrons. The lowest BCUT2D eigenvalue weighted by Crippen LogP contribution is -2.43. The average Bonchev–Trinajstić information content (AvgIpc) is 2.34. The van der Waals surface area contributed by atoms with Crippen molar-refractivity contribution in [3.8, 4) is 0 Å². The zero-order chi connectivity index (χ0) is 13.0. The van der Waals surface area contributed by atoms with E-state index in [-0.39, 0.29) is 12.8 Å². The van der Waals surface area contributed by atoms with Crippen molar-refractivity contribution in [3.05, 3.63) is 35.2 Å². The molecular formula is C15H17F2N. The second kappa shape index (κ2) is 3.62. The smallest absolute Gasteiger partial charge is 0.138 e. The third-order valence-corrected chi connectivity index (χ3v) is 4.41. The number of aromatic nitrogens is 1. The molecule has 2 bridgehead atoms. The number of hydrogen-bond acceptors (Lipinski definition) is 1. The first kappa shape index (κ1) is 11.8. The quantitative estimate of drug-likeness (QED) is 0.730. The van der Waals surface area contributed by atoms with Crippen molar-refractivity contribution in [1.82, 2.24) is 4.98 Å². The van der Waals surface area contributed by atoms with Gasteiger partial charge in [-0.05, 0) is 62.8 Å². The van der Waals surface area contributed by atoms with Crippen LogP contribution in [0.3, 0.4) is 0 Å². The SMILES string of the molecule is Cc1cnc(C2=CC3(F)CCC2(F)CC3)cc1C. The van der Waals surface area contributed by atoms with Gasteiger partial charge in [0.15, 0.2) is 0 Å². The molecule has 1 fully saturated rings. The van der Waals surface area contributed by atoms with E-state index in [1.165, 1.54) is 6.08 Å². The normalized spacial score (nSPS) is 34.6. The largest absolute Gasteiger partial charge is 0.256 e. The molecule has 0 spiro atoms. The van der Waals surface area contributed by atoms with E-state index in [1.54, 1.807) is 6.20 Å². The standard InChI is InChI=1S/C15H17F2N/c1-10-7-13(18-9-11(10)2)12-8-14(16)3-5-15(12,17)6-4-14/h7-9H,3-6H2,1-2H3. The monoisotopic (exact) mass is 249 g/mol. The summed E-state index contributed by atoms with van der Waals surface area (Å²) in [6.07, 6.45) is 4.39. The van der Waals surface area contributed by atoms with Crippen molar-refractivity contribution in [2.24, 2.45) is 0 Å². The third kappa shape index (κ3) is 1.68. The van der Waals surface area contributed by atoms with Crippen LogP contribution in [0, 0.1) is 13.8 Å². The number of halogens is 2. The summed E-state index contributed by atoms with van der Waals surface area (Å²) >= 11 is 0. The van der Waals surface area contributed by atoms with Crippen molar-refractivity contribution >= 4 is 5.57 Å². The van der Waals surface area contributed by atoms with Gasteiger partial charge in [-0.1, -0.05) is 0 Å². The van der Waals surface area contributed by atoms with Crippen molar-refractivity contribution in [2.75, 3.05) is 0 Å². The zero-order valence-corrected chi connectivity index (χ0v) is 10.8. The summed E-state index contributed by atoms with van der Waals surface area (Å²) in [6, 6.07) is 1.87. The molecule has 1 aromatic rings. The highest BCUT2D eigenvalue weighted by Gasteiger charge is 2.51. The number of rotatable bonds is 1. The molecule has 3 aliphatic carbocycles. The number of aryl methyl sites for hydroxylation is 2. The molecule has 3 heteroatoms. The predicted octanol–water partition coefficient (Wildman–Crippen LogP) is 4.09. The molecule has 0 atom stereocenters. The Morgan fingerprint density at radius 2 is 1.72 bits per heavy atom. The van der Waals surface area contributed by atoms with Gasteiger partial charge in [0.25, 0.3) is 0 Å². The Labute approximate surface area is 106 Å². The molecule has 0 unspecified atom stereocenters. The van der Waals surface area contributed by atoms with Crippen LogP contribution in [0.1, 0.15) is 42.5 Å². The van der Waals surface area contributed by atoms with E-state index in [0.717, 1.165) is 11.1 Å². The molecule has 0 aromatic carbocycles. The van der Waals surface area contributed by atoms with Crippen LogP contribution in [0.2, 0.25) is 0 Å². The van der Waals surface area contributed by atoms with Gasteiger partial charge in [-0.15, -0.1) is 0 Å². The fraction of sp³-hybridized carbons (Fsp3) is 0.533. The van der Waals surface area contributed by atoms with Crippen molar-refractivity contribution in [2.45, 2.75) is 50.9 Å². The van der Waals surface area contributed by atoms with Gasteiger partial charge in [0.2, 0.25) is 0 Å². The number of nitrogens with zero attached hydrogens (tertiary/aromatic N) is 1. The van der Waals surface area contributed by atoms with Crippen LogP contribution in [0.4, 0.5) is 8.78 Å². The number of fused-ring (bicyclic) bond motifs is 2. The summed E-state index contributed by atoms with van der Waals surface area (Å²) in [4.78, 5) is 4.28. The molecule has 1 aromatic heterocycles. The molecule has 0 N–H and O–H groups in total. The fourth-order valence-corrected chi connectivity index (χ4v) is 2.94. The lowest BCUT2D eigenvalue weighted by Gasteiger charge is -2.43. The molecule has 96 valence electrons. The number of pyridine rings is 1. The first-order valence-electron chi connectivity index (χ1n) is 6.47. The van der Waals surface area contributed by atoms with E-state index in [0.29, 0.717) is 24.1 Å². The van der Waals surface area contributed by atoms with Gasteiger partial charge in [-0.3, -0.25) is 4.98 Å². The summed E-state index contributed by atoms with van der Waals surface area (Å²) in [5.41, 5.74) is 0.515. The lowest BCUT2D eigenvalue weighted by atomic mass is 9.67. The summed E-state index contributed by atoms with van der Waals surface area (Å²) in [5, 5.41) is 0. The maximum absolute atomic E-state index is 14.8. The molecule has 3 aliphatic rings. The minimum Gasteiger partial charge on any atom is -0.256 e. The average molecular weight is 249 g/mol. The van der Waals surface area contributed by atoms with E-state index < -0.39 is 11.3 Å². The molecule has 1 nitrogen and oxygen atoms in total. The Hall–Kier alpha value is -1.25. The Bertz CT molecular complexity index is 525. The summed E-state index contributed by atoms with van der Waals surface area (Å²) in [6.45, 7) is 3.94. The van der Waals surface area contributed by atoms with E-state index in [1.807, 2.05) is 19.9 Å². The van der Waals surface area contributed by atoms with E-state index in [9.17, 15) is 8.78 Å². The summed E-state index contributed by atoms with van der Waals surface area (Å²) in [7, 11) is 0. The van der Waals surface area contributed by atoms with Gasteiger partial charge >= 0.3 is 0 Å². The van der Waals surface area contributed by atoms with Crippen LogP contribution in [0.15, 0.2) is 18.3 Å².